The Morgan fingerprint density at radius 3 is 1.83 bits per heavy atom. The summed E-state index contributed by atoms with van der Waals surface area (Å²) in [7, 11) is 0. The number of aliphatic hydroxyl groups is 1. The normalized spacial score (nSPS) is 56.2. The summed E-state index contributed by atoms with van der Waals surface area (Å²) in [5.74, 6) is 2.57. The molecule has 1 N–H and O–H groups in total. The van der Waals surface area contributed by atoms with Crippen LogP contribution in [0, 0.1) is 29.1 Å². The van der Waals surface area contributed by atoms with Gasteiger partial charge in [-0.1, -0.05) is 27.7 Å². The molecular formula is C11H20O. The van der Waals surface area contributed by atoms with E-state index in [2.05, 4.69) is 27.7 Å². The van der Waals surface area contributed by atoms with Gasteiger partial charge in [-0.25, -0.2) is 0 Å². The van der Waals surface area contributed by atoms with Gasteiger partial charge in [0, 0.05) is 0 Å². The lowest BCUT2D eigenvalue weighted by Crippen LogP contribution is -2.60. The molecule has 0 heterocycles. The van der Waals surface area contributed by atoms with Gasteiger partial charge in [-0.2, -0.15) is 0 Å². The molecule has 0 amide bonds. The van der Waals surface area contributed by atoms with Crippen LogP contribution in [0.3, 0.4) is 0 Å². The number of hydrogen-bond acceptors (Lipinski definition) is 1. The lowest BCUT2D eigenvalue weighted by atomic mass is 9.42. The highest BCUT2D eigenvalue weighted by atomic mass is 16.3. The largest absolute Gasteiger partial charge is 0.393 e. The van der Waals surface area contributed by atoms with E-state index in [1.54, 1.807) is 0 Å². The molecule has 12 heavy (non-hydrogen) atoms. The van der Waals surface area contributed by atoms with E-state index >= 15 is 0 Å². The second-order valence-electron chi connectivity index (χ2n) is 5.48. The number of hydrogen-bond donors (Lipinski definition) is 1. The topological polar surface area (TPSA) is 20.2 Å². The summed E-state index contributed by atoms with van der Waals surface area (Å²) in [4.78, 5) is 0. The second-order valence-corrected chi connectivity index (χ2v) is 5.48. The molecule has 3 aliphatic carbocycles. The molecule has 3 saturated carbocycles. The molecule has 0 aromatic carbocycles. The summed E-state index contributed by atoms with van der Waals surface area (Å²) >= 11 is 0. The Labute approximate surface area is 75.2 Å². The van der Waals surface area contributed by atoms with Crippen LogP contribution < -0.4 is 0 Å². The summed E-state index contributed by atoms with van der Waals surface area (Å²) in [5, 5.41) is 9.88. The maximum absolute atomic E-state index is 9.88. The maximum atomic E-state index is 9.88. The molecule has 0 saturated heterocycles. The molecule has 0 aliphatic heterocycles. The highest BCUT2D eigenvalue weighted by molar-refractivity contribution is 5.07. The molecule has 0 aromatic heterocycles. The van der Waals surface area contributed by atoms with Crippen molar-refractivity contribution in [2.24, 2.45) is 29.1 Å². The van der Waals surface area contributed by atoms with Crippen LogP contribution in [0.5, 0.6) is 0 Å². The van der Waals surface area contributed by atoms with Gasteiger partial charge in [0.25, 0.3) is 0 Å². The van der Waals surface area contributed by atoms with Crippen molar-refractivity contribution in [3.63, 3.8) is 0 Å². The molecule has 1 nitrogen and oxygen atoms in total. The van der Waals surface area contributed by atoms with E-state index in [4.69, 9.17) is 0 Å². The van der Waals surface area contributed by atoms with Gasteiger partial charge in [-0.05, 0) is 35.5 Å². The predicted octanol–water partition coefficient (Wildman–Crippen LogP) is 2.30. The van der Waals surface area contributed by atoms with Gasteiger partial charge < -0.3 is 5.11 Å². The van der Waals surface area contributed by atoms with Crippen molar-refractivity contribution in [1.29, 1.82) is 0 Å². The Kier molecular flexibility index (Phi) is 1.61. The highest BCUT2D eigenvalue weighted by Gasteiger charge is 2.59. The van der Waals surface area contributed by atoms with E-state index in [9.17, 15) is 5.11 Å². The molecule has 3 aliphatic rings. The van der Waals surface area contributed by atoms with Crippen LogP contribution in [0.1, 0.15) is 34.1 Å². The lowest BCUT2D eigenvalue weighted by molar-refractivity contribution is -0.190. The van der Waals surface area contributed by atoms with Crippen LogP contribution in [0.2, 0.25) is 0 Å². The van der Waals surface area contributed by atoms with E-state index < -0.39 is 0 Å². The van der Waals surface area contributed by atoms with Crippen molar-refractivity contribution >= 4 is 0 Å². The molecule has 70 valence electrons. The monoisotopic (exact) mass is 168 g/mol. The quantitative estimate of drug-likeness (QED) is 0.588. The van der Waals surface area contributed by atoms with Crippen LogP contribution in [-0.2, 0) is 0 Å². The van der Waals surface area contributed by atoms with Crippen LogP contribution in [0.25, 0.3) is 0 Å². The minimum atomic E-state index is -0.0400. The maximum Gasteiger partial charge on any atom is 0.0596 e. The van der Waals surface area contributed by atoms with Gasteiger partial charge in [-0.3, -0.25) is 0 Å². The van der Waals surface area contributed by atoms with E-state index in [-0.39, 0.29) is 6.10 Å². The zero-order valence-corrected chi connectivity index (χ0v) is 8.54. The summed E-state index contributed by atoms with van der Waals surface area (Å²) in [5.41, 5.74) is 0.498. The summed E-state index contributed by atoms with van der Waals surface area (Å²) in [6.07, 6.45) is 1.31. The van der Waals surface area contributed by atoms with Crippen LogP contribution in [0.4, 0.5) is 0 Å². The highest BCUT2D eigenvalue weighted by Crippen LogP contribution is 2.63. The third-order valence-electron chi connectivity index (χ3n) is 4.77. The average Bonchev–Trinajstić information content (AvgIpc) is 1.98. The minimum Gasteiger partial charge on any atom is -0.393 e. The van der Waals surface area contributed by atoms with Gasteiger partial charge in [0.15, 0.2) is 0 Å². The Hall–Kier alpha value is -0.0400. The molecule has 3 rings (SSSR count). The van der Waals surface area contributed by atoms with Gasteiger partial charge >= 0.3 is 0 Å². The van der Waals surface area contributed by atoms with Gasteiger partial charge in [0.2, 0.25) is 0 Å². The molecule has 2 bridgehead atoms. The second kappa shape index (κ2) is 2.25. The fourth-order valence-corrected chi connectivity index (χ4v) is 3.73. The molecule has 0 radical (unpaired) electrons. The standard InChI is InChI=1S/C11H20O/c1-6-8-5-9(11(8,3)4)7(2)10(6)12/h6-10,12H,5H2,1-4H3. The first kappa shape index (κ1) is 8.55. The minimum absolute atomic E-state index is 0.0400. The first-order valence-corrected chi connectivity index (χ1v) is 5.14. The van der Waals surface area contributed by atoms with Crippen LogP contribution in [-0.4, -0.2) is 11.2 Å². The zero-order chi connectivity index (χ0) is 9.09. The van der Waals surface area contributed by atoms with E-state index in [1.165, 1.54) is 6.42 Å². The van der Waals surface area contributed by atoms with Crippen molar-refractivity contribution in [2.75, 3.05) is 0 Å². The Morgan fingerprint density at radius 1 is 1.08 bits per heavy atom. The molecule has 3 fully saturated rings. The Bertz CT molecular complexity index is 179. The molecule has 0 aromatic rings. The van der Waals surface area contributed by atoms with Crippen LogP contribution in [0.15, 0.2) is 0 Å². The van der Waals surface area contributed by atoms with Gasteiger partial charge in [0.05, 0.1) is 6.10 Å². The van der Waals surface area contributed by atoms with Gasteiger partial charge in [-0.15, -0.1) is 0 Å². The Balaban J connectivity index is 2.24. The smallest absolute Gasteiger partial charge is 0.0596 e. The van der Waals surface area contributed by atoms with E-state index in [0.717, 1.165) is 11.8 Å². The van der Waals surface area contributed by atoms with Gasteiger partial charge in [0.1, 0.15) is 0 Å². The zero-order valence-electron chi connectivity index (χ0n) is 8.54. The van der Waals surface area contributed by atoms with Crippen molar-refractivity contribution in [3.8, 4) is 0 Å². The third kappa shape index (κ3) is 0.783. The van der Waals surface area contributed by atoms with Crippen molar-refractivity contribution in [3.05, 3.63) is 0 Å². The lowest BCUT2D eigenvalue weighted by Gasteiger charge is -2.64. The molecular weight excluding hydrogens is 148 g/mol. The SMILES string of the molecule is CC1C(O)C(C)C2CC1C2(C)C. The molecule has 1 heteroatoms. The van der Waals surface area contributed by atoms with E-state index in [0.29, 0.717) is 17.3 Å². The number of rotatable bonds is 0. The first-order chi connectivity index (χ1) is 5.46. The first-order valence-electron chi connectivity index (χ1n) is 5.14. The van der Waals surface area contributed by atoms with E-state index in [1.807, 2.05) is 0 Å². The molecule has 4 unspecified atom stereocenters. The number of aliphatic hydroxyl groups excluding tert-OH is 1. The summed E-state index contributed by atoms with van der Waals surface area (Å²) < 4.78 is 0. The third-order valence-corrected chi connectivity index (χ3v) is 4.77. The molecule has 4 atom stereocenters. The summed E-state index contributed by atoms with van der Waals surface area (Å²) in [6, 6.07) is 0. The predicted molar refractivity (Wildman–Crippen MR) is 49.7 cm³/mol. The average molecular weight is 168 g/mol. The fourth-order valence-electron chi connectivity index (χ4n) is 3.73. The van der Waals surface area contributed by atoms with Crippen molar-refractivity contribution in [2.45, 2.75) is 40.2 Å². The fraction of sp³-hybridized carbons (Fsp3) is 1.00. The summed E-state index contributed by atoms with van der Waals surface area (Å²) in [6.45, 7) is 9.15. The van der Waals surface area contributed by atoms with Crippen LogP contribution >= 0.6 is 0 Å². The Morgan fingerprint density at radius 2 is 1.50 bits per heavy atom. The number of fused-ring (bicyclic) bond motifs is 2. The molecule has 0 spiro atoms. The van der Waals surface area contributed by atoms with Crippen molar-refractivity contribution < 1.29 is 5.11 Å². The van der Waals surface area contributed by atoms with Crippen molar-refractivity contribution in [1.82, 2.24) is 0 Å².